The number of fused-ring (bicyclic) bond motifs is 1. The molecule has 0 aliphatic carbocycles. The molecule has 0 fully saturated rings. The molecule has 2 heterocycles. The molecule has 2 aromatic carbocycles. The first-order chi connectivity index (χ1) is 15.5. The Bertz CT molecular complexity index is 1170. The Labute approximate surface area is 187 Å². The smallest absolute Gasteiger partial charge is 0.326 e. The quantitative estimate of drug-likeness (QED) is 0.510. The van der Waals surface area contributed by atoms with Crippen LogP contribution in [0.15, 0.2) is 71.8 Å². The zero-order valence-electron chi connectivity index (χ0n) is 16.8. The first-order valence-corrected chi connectivity index (χ1v) is 10.7. The lowest BCUT2D eigenvalue weighted by Crippen LogP contribution is -2.44. The van der Waals surface area contributed by atoms with Crippen molar-refractivity contribution in [2.75, 3.05) is 6.61 Å². The Morgan fingerprint density at radius 1 is 1.12 bits per heavy atom. The van der Waals surface area contributed by atoms with E-state index < -0.39 is 17.9 Å². The average Bonchev–Trinajstić information content (AvgIpc) is 3.40. The fraction of sp³-hybridized carbons (Fsp3) is 0.125. The maximum atomic E-state index is 12.5. The molecule has 3 aromatic rings. The van der Waals surface area contributed by atoms with Gasteiger partial charge in [-0.05, 0) is 29.1 Å². The van der Waals surface area contributed by atoms with Gasteiger partial charge < -0.3 is 19.9 Å². The largest absolute Gasteiger partial charge is 0.484 e. The summed E-state index contributed by atoms with van der Waals surface area (Å²) < 4.78 is 11.1. The standard InChI is InChI=1S/C24H19NO6S/c26-22(25-19(24(28)29)11-15-5-2-1-3-6-15)14-30-16-8-9-18-20(12-16)31-21(23(18)27)13-17-7-4-10-32-17/h1-10,12-13,19H,11,14H2,(H,25,26)(H,28,29)/b21-13-/t19-/m1/s1. The van der Waals surface area contributed by atoms with E-state index in [1.165, 1.54) is 17.4 Å². The number of carboxylic acid groups (broad SMARTS) is 1. The van der Waals surface area contributed by atoms with E-state index in [2.05, 4.69) is 5.32 Å². The van der Waals surface area contributed by atoms with Crippen LogP contribution in [-0.4, -0.2) is 35.4 Å². The molecular weight excluding hydrogens is 430 g/mol. The molecule has 0 saturated heterocycles. The summed E-state index contributed by atoms with van der Waals surface area (Å²) in [7, 11) is 0. The lowest BCUT2D eigenvalue weighted by molar-refractivity contribution is -0.142. The van der Waals surface area contributed by atoms with Crippen molar-refractivity contribution in [3.05, 3.63) is 87.8 Å². The van der Waals surface area contributed by atoms with Crippen molar-refractivity contribution in [2.45, 2.75) is 12.5 Å². The summed E-state index contributed by atoms with van der Waals surface area (Å²) in [4.78, 5) is 37.1. The molecule has 1 aromatic heterocycles. The minimum Gasteiger partial charge on any atom is -0.484 e. The third-order valence-electron chi connectivity index (χ3n) is 4.74. The van der Waals surface area contributed by atoms with Crippen molar-refractivity contribution in [1.82, 2.24) is 5.32 Å². The second-order valence-electron chi connectivity index (χ2n) is 7.05. The molecule has 7 nitrogen and oxygen atoms in total. The first-order valence-electron chi connectivity index (χ1n) is 9.80. The number of ketones is 1. The molecule has 32 heavy (non-hydrogen) atoms. The van der Waals surface area contributed by atoms with E-state index in [1.807, 2.05) is 23.6 Å². The van der Waals surface area contributed by atoms with Gasteiger partial charge in [0, 0.05) is 23.4 Å². The molecule has 162 valence electrons. The number of carbonyl (C=O) groups excluding carboxylic acids is 2. The van der Waals surface area contributed by atoms with Crippen LogP contribution in [0.1, 0.15) is 20.8 Å². The minimum atomic E-state index is -1.13. The summed E-state index contributed by atoms with van der Waals surface area (Å²) in [5.74, 6) is -1.01. The molecule has 1 aliphatic heterocycles. The monoisotopic (exact) mass is 449 g/mol. The molecule has 8 heteroatoms. The molecule has 1 aliphatic rings. The van der Waals surface area contributed by atoms with Gasteiger partial charge in [-0.25, -0.2) is 4.79 Å². The number of amides is 1. The number of allylic oxidation sites excluding steroid dienone is 1. The number of Topliss-reactive ketones (excluding diaryl/α,β-unsaturated/α-hetero) is 1. The second-order valence-corrected chi connectivity index (χ2v) is 8.03. The predicted molar refractivity (Wildman–Crippen MR) is 119 cm³/mol. The average molecular weight is 449 g/mol. The van der Waals surface area contributed by atoms with Gasteiger partial charge in [-0.15, -0.1) is 11.3 Å². The van der Waals surface area contributed by atoms with E-state index in [9.17, 15) is 19.5 Å². The SMILES string of the molecule is O=C(COc1ccc2c(c1)O/C(=C\c1cccs1)C2=O)N[C@H](Cc1ccccc1)C(=O)O. The number of rotatable bonds is 8. The van der Waals surface area contributed by atoms with Crippen molar-refractivity contribution < 1.29 is 29.0 Å². The molecular formula is C24H19NO6S. The van der Waals surface area contributed by atoms with Crippen molar-refractivity contribution in [2.24, 2.45) is 0 Å². The van der Waals surface area contributed by atoms with Gasteiger partial charge in [0.1, 0.15) is 17.5 Å². The Morgan fingerprint density at radius 3 is 2.66 bits per heavy atom. The molecule has 0 bridgehead atoms. The number of ether oxygens (including phenoxy) is 2. The van der Waals surface area contributed by atoms with Crippen LogP contribution in [0.4, 0.5) is 0 Å². The highest BCUT2D eigenvalue weighted by Gasteiger charge is 2.28. The van der Waals surface area contributed by atoms with Crippen molar-refractivity contribution >= 4 is 35.1 Å². The van der Waals surface area contributed by atoms with Crippen molar-refractivity contribution in [1.29, 1.82) is 0 Å². The fourth-order valence-corrected chi connectivity index (χ4v) is 3.84. The predicted octanol–water partition coefficient (Wildman–Crippen LogP) is 3.56. The van der Waals surface area contributed by atoms with Gasteiger partial charge >= 0.3 is 5.97 Å². The number of carboxylic acids is 1. The number of carbonyl (C=O) groups is 3. The summed E-state index contributed by atoms with van der Waals surface area (Å²) in [5.41, 5.74) is 1.21. The number of nitrogens with one attached hydrogen (secondary N) is 1. The van der Waals surface area contributed by atoms with Gasteiger partial charge in [-0.2, -0.15) is 0 Å². The molecule has 1 atom stereocenters. The second kappa shape index (κ2) is 9.49. The van der Waals surface area contributed by atoms with Crippen LogP contribution in [0.3, 0.4) is 0 Å². The maximum absolute atomic E-state index is 12.5. The van der Waals surface area contributed by atoms with Crippen LogP contribution in [0, 0.1) is 0 Å². The number of hydrogen-bond donors (Lipinski definition) is 2. The molecule has 4 rings (SSSR count). The van der Waals surface area contributed by atoms with E-state index in [-0.39, 0.29) is 24.6 Å². The van der Waals surface area contributed by atoms with Crippen LogP contribution in [-0.2, 0) is 16.0 Å². The highest BCUT2D eigenvalue weighted by atomic mass is 32.1. The Hall–Kier alpha value is -3.91. The van der Waals surface area contributed by atoms with Gasteiger partial charge in [0.25, 0.3) is 5.91 Å². The lowest BCUT2D eigenvalue weighted by Gasteiger charge is -2.15. The maximum Gasteiger partial charge on any atom is 0.326 e. The third kappa shape index (κ3) is 5.04. The molecule has 0 unspecified atom stereocenters. The third-order valence-corrected chi connectivity index (χ3v) is 5.56. The highest BCUT2D eigenvalue weighted by Crippen LogP contribution is 2.35. The normalized spacial score (nSPS) is 14.5. The van der Waals surface area contributed by atoms with Crippen LogP contribution < -0.4 is 14.8 Å². The van der Waals surface area contributed by atoms with Gasteiger partial charge in [-0.3, -0.25) is 9.59 Å². The van der Waals surface area contributed by atoms with Gasteiger partial charge in [0.15, 0.2) is 12.4 Å². The Kier molecular flexibility index (Phi) is 6.32. The zero-order chi connectivity index (χ0) is 22.5. The summed E-state index contributed by atoms with van der Waals surface area (Å²) in [6, 6.07) is 16.4. The molecule has 0 spiro atoms. The van der Waals surface area contributed by atoms with Crippen molar-refractivity contribution in [3.63, 3.8) is 0 Å². The van der Waals surface area contributed by atoms with Gasteiger partial charge in [0.05, 0.1) is 5.56 Å². The number of thiophene rings is 1. The molecule has 0 radical (unpaired) electrons. The Balaban J connectivity index is 1.36. The highest BCUT2D eigenvalue weighted by molar-refractivity contribution is 7.10. The topological polar surface area (TPSA) is 102 Å². The van der Waals surface area contributed by atoms with E-state index in [0.717, 1.165) is 10.4 Å². The van der Waals surface area contributed by atoms with Crippen molar-refractivity contribution in [3.8, 4) is 11.5 Å². The molecule has 1 amide bonds. The first kappa shape index (κ1) is 21.3. The summed E-state index contributed by atoms with van der Waals surface area (Å²) in [6.07, 6.45) is 1.84. The summed E-state index contributed by atoms with van der Waals surface area (Å²) >= 11 is 1.49. The van der Waals surface area contributed by atoms with E-state index in [0.29, 0.717) is 17.1 Å². The van der Waals surface area contributed by atoms with E-state index in [1.54, 1.807) is 42.5 Å². The van der Waals surface area contributed by atoms with Crippen LogP contribution >= 0.6 is 11.3 Å². The number of benzene rings is 2. The molecule has 2 N–H and O–H groups in total. The molecule has 0 saturated carbocycles. The van der Waals surface area contributed by atoms with E-state index >= 15 is 0 Å². The lowest BCUT2D eigenvalue weighted by atomic mass is 10.1. The summed E-state index contributed by atoms with van der Waals surface area (Å²) in [5, 5.41) is 13.8. The number of aliphatic carboxylic acids is 1. The van der Waals surface area contributed by atoms with Crippen LogP contribution in [0.2, 0.25) is 0 Å². The van der Waals surface area contributed by atoms with Gasteiger partial charge in [-0.1, -0.05) is 36.4 Å². The zero-order valence-corrected chi connectivity index (χ0v) is 17.6. The minimum absolute atomic E-state index is 0.163. The number of hydrogen-bond acceptors (Lipinski definition) is 6. The Morgan fingerprint density at radius 2 is 1.94 bits per heavy atom. The van der Waals surface area contributed by atoms with Crippen LogP contribution in [0.25, 0.3) is 6.08 Å². The van der Waals surface area contributed by atoms with Gasteiger partial charge in [0.2, 0.25) is 5.78 Å². The fourth-order valence-electron chi connectivity index (χ4n) is 3.19. The summed E-state index contributed by atoms with van der Waals surface area (Å²) in [6.45, 7) is -0.372. The van der Waals surface area contributed by atoms with E-state index in [4.69, 9.17) is 9.47 Å². The van der Waals surface area contributed by atoms with Crippen LogP contribution in [0.5, 0.6) is 11.5 Å².